The highest BCUT2D eigenvalue weighted by Gasteiger charge is 2.35. The van der Waals surface area contributed by atoms with E-state index in [1.165, 1.54) is 18.2 Å². The van der Waals surface area contributed by atoms with Gasteiger partial charge in [0.1, 0.15) is 5.57 Å². The van der Waals surface area contributed by atoms with Gasteiger partial charge in [0, 0.05) is 56.1 Å². The van der Waals surface area contributed by atoms with Crippen molar-refractivity contribution in [2.24, 2.45) is 0 Å². The Labute approximate surface area is 186 Å². The number of imide groups is 2. The van der Waals surface area contributed by atoms with E-state index >= 15 is 0 Å². The number of unbranched alkanes of at least 4 members (excludes halogenated alkanes) is 4. The van der Waals surface area contributed by atoms with E-state index in [1.54, 1.807) is 6.07 Å². The standard InChI is InChI=1S/C22H29N5O5/c1-2-3-4-5-6-11-26-21(29)18(20(28)24-22(26)30)15-16-14-17(27(31)32)7-8-19(16)25-12-9-23-10-13-25/h7-8,14-15,23H,2-6,9-13H2,1H3,(H,24,28,30)/b18-15-. The van der Waals surface area contributed by atoms with E-state index in [1.807, 2.05) is 0 Å². The van der Waals surface area contributed by atoms with Crippen molar-refractivity contribution >= 4 is 35.3 Å². The molecule has 172 valence electrons. The van der Waals surface area contributed by atoms with Gasteiger partial charge in [-0.25, -0.2) is 4.79 Å². The third kappa shape index (κ3) is 5.50. The van der Waals surface area contributed by atoms with Gasteiger partial charge in [0.15, 0.2) is 0 Å². The predicted molar refractivity (Wildman–Crippen MR) is 120 cm³/mol. The molecule has 2 aliphatic heterocycles. The fraction of sp³-hybridized carbons (Fsp3) is 0.500. The molecule has 2 fully saturated rings. The molecule has 0 aliphatic carbocycles. The van der Waals surface area contributed by atoms with Gasteiger partial charge >= 0.3 is 6.03 Å². The van der Waals surface area contributed by atoms with Crippen molar-refractivity contribution in [1.82, 2.24) is 15.5 Å². The van der Waals surface area contributed by atoms with E-state index in [0.29, 0.717) is 30.8 Å². The van der Waals surface area contributed by atoms with Crippen LogP contribution in [0.3, 0.4) is 0 Å². The van der Waals surface area contributed by atoms with Crippen molar-refractivity contribution < 1.29 is 19.3 Å². The van der Waals surface area contributed by atoms with Crippen molar-refractivity contribution in [3.63, 3.8) is 0 Å². The number of carbonyl (C=O) groups excluding carboxylic acids is 3. The molecule has 0 bridgehead atoms. The summed E-state index contributed by atoms with van der Waals surface area (Å²) in [7, 11) is 0. The number of benzene rings is 1. The third-order valence-corrected chi connectivity index (χ3v) is 5.65. The van der Waals surface area contributed by atoms with Gasteiger partial charge in [-0.05, 0) is 18.6 Å². The fourth-order valence-electron chi connectivity index (χ4n) is 3.89. The van der Waals surface area contributed by atoms with E-state index in [2.05, 4.69) is 22.5 Å². The number of amides is 4. The highest BCUT2D eigenvalue weighted by Crippen LogP contribution is 2.29. The molecule has 1 aromatic carbocycles. The summed E-state index contributed by atoms with van der Waals surface area (Å²) < 4.78 is 0. The number of anilines is 1. The van der Waals surface area contributed by atoms with Crippen LogP contribution >= 0.6 is 0 Å². The zero-order valence-corrected chi connectivity index (χ0v) is 18.3. The molecule has 2 aliphatic rings. The first kappa shape index (κ1) is 23.4. The van der Waals surface area contributed by atoms with Crippen LogP contribution in [0.1, 0.15) is 44.6 Å². The first-order valence-electron chi connectivity index (χ1n) is 11.1. The number of non-ortho nitro benzene ring substituents is 1. The molecule has 32 heavy (non-hydrogen) atoms. The molecule has 10 nitrogen and oxygen atoms in total. The second-order valence-corrected chi connectivity index (χ2v) is 7.93. The molecule has 3 rings (SSSR count). The summed E-state index contributed by atoms with van der Waals surface area (Å²) in [4.78, 5) is 51.6. The first-order valence-corrected chi connectivity index (χ1v) is 11.1. The Morgan fingerprint density at radius 1 is 1.09 bits per heavy atom. The number of nitro groups is 1. The van der Waals surface area contributed by atoms with Crippen molar-refractivity contribution in [2.45, 2.75) is 39.0 Å². The Hall–Kier alpha value is -3.27. The monoisotopic (exact) mass is 443 g/mol. The number of carbonyl (C=O) groups is 3. The largest absolute Gasteiger partial charge is 0.368 e. The van der Waals surface area contributed by atoms with Crippen LogP contribution < -0.4 is 15.5 Å². The summed E-state index contributed by atoms with van der Waals surface area (Å²) in [5.74, 6) is -1.47. The minimum atomic E-state index is -0.792. The number of barbiturate groups is 1. The number of nitro benzene ring substituents is 1. The first-order chi connectivity index (χ1) is 15.4. The lowest BCUT2D eigenvalue weighted by molar-refractivity contribution is -0.384. The molecule has 0 radical (unpaired) electrons. The lowest BCUT2D eigenvalue weighted by Crippen LogP contribution is -2.54. The number of hydrogen-bond acceptors (Lipinski definition) is 7. The number of nitrogens with one attached hydrogen (secondary N) is 2. The second kappa shape index (κ2) is 10.9. The molecular weight excluding hydrogens is 414 g/mol. The molecule has 0 atom stereocenters. The normalized spacial score (nSPS) is 18.3. The van der Waals surface area contributed by atoms with Crippen molar-refractivity contribution in [2.75, 3.05) is 37.6 Å². The third-order valence-electron chi connectivity index (χ3n) is 5.65. The lowest BCUT2D eigenvalue weighted by atomic mass is 10.0. The van der Waals surface area contributed by atoms with Crippen LogP contribution in [0.4, 0.5) is 16.2 Å². The van der Waals surface area contributed by atoms with E-state index in [-0.39, 0.29) is 17.8 Å². The number of rotatable bonds is 9. The van der Waals surface area contributed by atoms with Gasteiger partial charge in [-0.3, -0.25) is 29.9 Å². The maximum atomic E-state index is 13.0. The van der Waals surface area contributed by atoms with Gasteiger partial charge in [-0.2, -0.15) is 0 Å². The summed E-state index contributed by atoms with van der Waals surface area (Å²) in [5.41, 5.74) is 0.767. The van der Waals surface area contributed by atoms with E-state index < -0.39 is 22.8 Å². The van der Waals surface area contributed by atoms with Crippen LogP contribution in [0.5, 0.6) is 0 Å². The Kier molecular flexibility index (Phi) is 7.93. The second-order valence-electron chi connectivity index (χ2n) is 7.93. The Morgan fingerprint density at radius 2 is 1.81 bits per heavy atom. The molecule has 0 aromatic heterocycles. The van der Waals surface area contributed by atoms with Gasteiger partial charge in [0.05, 0.1) is 4.92 Å². The zero-order chi connectivity index (χ0) is 23.1. The summed E-state index contributed by atoms with van der Waals surface area (Å²) in [5, 5.41) is 16.8. The quantitative estimate of drug-likeness (QED) is 0.197. The van der Waals surface area contributed by atoms with Crippen LogP contribution in [-0.2, 0) is 9.59 Å². The van der Waals surface area contributed by atoms with Crippen molar-refractivity contribution in [3.8, 4) is 0 Å². The van der Waals surface area contributed by atoms with Crippen molar-refractivity contribution in [3.05, 3.63) is 39.4 Å². The summed E-state index contributed by atoms with van der Waals surface area (Å²) in [6.07, 6.45) is 6.09. The average Bonchev–Trinajstić information content (AvgIpc) is 2.78. The maximum absolute atomic E-state index is 13.0. The van der Waals surface area contributed by atoms with Crippen LogP contribution in [0.25, 0.3) is 6.08 Å². The molecular formula is C22H29N5O5. The fourth-order valence-corrected chi connectivity index (χ4v) is 3.89. The molecule has 0 unspecified atom stereocenters. The summed E-state index contributed by atoms with van der Waals surface area (Å²) in [6.45, 7) is 5.22. The van der Waals surface area contributed by atoms with Crippen LogP contribution in [0, 0.1) is 10.1 Å². The Balaban J connectivity index is 1.89. The molecule has 10 heteroatoms. The molecule has 2 saturated heterocycles. The molecule has 0 saturated carbocycles. The minimum absolute atomic E-state index is 0.136. The van der Waals surface area contributed by atoms with Gasteiger partial charge < -0.3 is 10.2 Å². The zero-order valence-electron chi connectivity index (χ0n) is 18.3. The van der Waals surface area contributed by atoms with Crippen LogP contribution in [-0.4, -0.2) is 60.4 Å². The van der Waals surface area contributed by atoms with Crippen LogP contribution in [0.2, 0.25) is 0 Å². The number of nitrogens with zero attached hydrogens (tertiary/aromatic N) is 3. The smallest absolute Gasteiger partial charge is 0.331 e. The van der Waals surface area contributed by atoms with Gasteiger partial charge in [-0.15, -0.1) is 0 Å². The Morgan fingerprint density at radius 3 is 2.50 bits per heavy atom. The molecule has 2 N–H and O–H groups in total. The molecule has 1 aromatic rings. The Bertz CT molecular complexity index is 923. The maximum Gasteiger partial charge on any atom is 0.331 e. The average molecular weight is 444 g/mol. The molecule has 2 heterocycles. The van der Waals surface area contributed by atoms with E-state index in [9.17, 15) is 24.5 Å². The van der Waals surface area contributed by atoms with Gasteiger partial charge in [0.25, 0.3) is 17.5 Å². The van der Waals surface area contributed by atoms with E-state index in [4.69, 9.17) is 0 Å². The summed E-state index contributed by atoms with van der Waals surface area (Å²) >= 11 is 0. The highest BCUT2D eigenvalue weighted by atomic mass is 16.6. The molecule has 0 spiro atoms. The minimum Gasteiger partial charge on any atom is -0.368 e. The van der Waals surface area contributed by atoms with E-state index in [0.717, 1.165) is 43.7 Å². The lowest BCUT2D eigenvalue weighted by Gasteiger charge is -2.31. The van der Waals surface area contributed by atoms with Gasteiger partial charge in [0.2, 0.25) is 0 Å². The van der Waals surface area contributed by atoms with Crippen LogP contribution in [0.15, 0.2) is 23.8 Å². The van der Waals surface area contributed by atoms with Gasteiger partial charge in [-0.1, -0.05) is 32.6 Å². The number of piperazine rings is 1. The summed E-state index contributed by atoms with van der Waals surface area (Å²) in [6, 6.07) is 3.68. The van der Waals surface area contributed by atoms with Crippen molar-refractivity contribution in [1.29, 1.82) is 0 Å². The highest BCUT2D eigenvalue weighted by molar-refractivity contribution is 6.31. The SMILES string of the molecule is CCCCCCCN1C(=O)NC(=O)/C(=C/c2cc([N+](=O)[O-])ccc2N2CCNCC2)C1=O. The number of urea groups is 1. The predicted octanol–water partition coefficient (Wildman–Crippen LogP) is 2.44. The molecule has 4 amide bonds. The number of hydrogen-bond donors (Lipinski definition) is 2. The topological polar surface area (TPSA) is 125 Å².